The van der Waals surface area contributed by atoms with Crippen LogP contribution < -0.4 is 4.90 Å². The number of fused-ring (bicyclic) bond motifs is 1. The average Bonchev–Trinajstić information content (AvgIpc) is 2.90. The van der Waals surface area contributed by atoms with Gasteiger partial charge in [-0.3, -0.25) is 0 Å². The van der Waals surface area contributed by atoms with Gasteiger partial charge in [-0.1, -0.05) is 19.9 Å². The third kappa shape index (κ3) is 2.43. The number of nitrogens with zero attached hydrogens (tertiary/aromatic N) is 2. The maximum atomic E-state index is 11.5. The van der Waals surface area contributed by atoms with Gasteiger partial charge < -0.3 is 19.2 Å². The lowest BCUT2D eigenvalue weighted by atomic mass is 10.0. The van der Waals surface area contributed by atoms with Crippen LogP contribution in [0.2, 0.25) is 0 Å². The number of hydrogen-bond donors (Lipinski definition) is 1. The van der Waals surface area contributed by atoms with Crippen LogP contribution in [0, 0.1) is 12.8 Å². The molecule has 0 saturated carbocycles. The van der Waals surface area contributed by atoms with E-state index >= 15 is 0 Å². The Hall–Kier alpha value is -2.08. The average molecular weight is 304 g/mol. The molecule has 2 aromatic rings. The van der Waals surface area contributed by atoms with Gasteiger partial charge in [-0.05, 0) is 24.5 Å². The predicted molar refractivity (Wildman–Crippen MR) is 82.5 cm³/mol. The predicted octanol–water partition coefficient (Wildman–Crippen LogP) is 2.70. The van der Waals surface area contributed by atoms with Gasteiger partial charge in [0, 0.05) is 6.54 Å². The summed E-state index contributed by atoms with van der Waals surface area (Å²) in [5.74, 6) is -0.596. The second-order valence-electron chi connectivity index (χ2n) is 5.99. The maximum absolute atomic E-state index is 11.5. The standard InChI is InChI=1S/C16H20N2O4/c1-9(2)11-8-21-7-6-18(11)16-17-14-12(22-16)5-4-10(3)13(14)15(19)20/h4-5,9,11H,6-8H2,1-3H3,(H,19,20)/t11-/m1/s1. The molecule has 6 heteroatoms. The van der Waals surface area contributed by atoms with Gasteiger partial charge in [-0.25, -0.2) is 4.79 Å². The molecule has 1 aliphatic rings. The fourth-order valence-corrected chi connectivity index (χ4v) is 2.89. The van der Waals surface area contributed by atoms with E-state index < -0.39 is 5.97 Å². The zero-order valence-corrected chi connectivity index (χ0v) is 13.0. The number of carboxylic acids is 1. The van der Waals surface area contributed by atoms with E-state index in [4.69, 9.17) is 9.15 Å². The van der Waals surface area contributed by atoms with E-state index in [1.165, 1.54) is 0 Å². The molecule has 0 amide bonds. The van der Waals surface area contributed by atoms with Crippen molar-refractivity contribution in [2.45, 2.75) is 26.8 Å². The lowest BCUT2D eigenvalue weighted by Crippen LogP contribution is -2.48. The monoisotopic (exact) mass is 304 g/mol. The lowest BCUT2D eigenvalue weighted by molar-refractivity contribution is 0.0698. The topological polar surface area (TPSA) is 75.8 Å². The third-order valence-electron chi connectivity index (χ3n) is 4.15. The van der Waals surface area contributed by atoms with Crippen molar-refractivity contribution in [2.75, 3.05) is 24.7 Å². The van der Waals surface area contributed by atoms with Crippen LogP contribution in [-0.4, -0.2) is 41.9 Å². The van der Waals surface area contributed by atoms with E-state index in [0.717, 1.165) is 0 Å². The second kappa shape index (κ2) is 5.61. The van der Waals surface area contributed by atoms with Crippen LogP contribution in [0.1, 0.15) is 29.8 Å². The minimum absolute atomic E-state index is 0.177. The summed E-state index contributed by atoms with van der Waals surface area (Å²) < 4.78 is 11.4. The van der Waals surface area contributed by atoms with Crippen molar-refractivity contribution in [1.29, 1.82) is 0 Å². The van der Waals surface area contributed by atoms with E-state index in [1.54, 1.807) is 19.1 Å². The number of morpholine rings is 1. The highest BCUT2D eigenvalue weighted by Gasteiger charge is 2.30. The number of aromatic carboxylic acids is 1. The van der Waals surface area contributed by atoms with Gasteiger partial charge in [-0.15, -0.1) is 0 Å². The molecule has 1 saturated heterocycles. The molecule has 1 N–H and O–H groups in total. The highest BCUT2D eigenvalue weighted by Crippen LogP contribution is 2.30. The number of aryl methyl sites for hydroxylation is 1. The van der Waals surface area contributed by atoms with Crippen molar-refractivity contribution in [3.8, 4) is 0 Å². The lowest BCUT2D eigenvalue weighted by Gasteiger charge is -2.36. The van der Waals surface area contributed by atoms with Crippen molar-refractivity contribution in [1.82, 2.24) is 4.98 Å². The van der Waals surface area contributed by atoms with Crippen LogP contribution in [0.3, 0.4) is 0 Å². The summed E-state index contributed by atoms with van der Waals surface area (Å²) in [6, 6.07) is 4.18. The van der Waals surface area contributed by atoms with Crippen LogP contribution in [-0.2, 0) is 4.74 Å². The molecule has 22 heavy (non-hydrogen) atoms. The minimum atomic E-state index is -0.981. The number of carboxylic acid groups (broad SMARTS) is 1. The summed E-state index contributed by atoms with van der Waals surface area (Å²) >= 11 is 0. The summed E-state index contributed by atoms with van der Waals surface area (Å²) in [6.07, 6.45) is 0. The van der Waals surface area contributed by atoms with Crippen molar-refractivity contribution < 1.29 is 19.1 Å². The molecule has 1 atom stereocenters. The molecule has 0 aliphatic carbocycles. The van der Waals surface area contributed by atoms with E-state index in [1.807, 2.05) is 0 Å². The molecule has 1 aromatic heterocycles. The van der Waals surface area contributed by atoms with E-state index in [2.05, 4.69) is 23.7 Å². The number of rotatable bonds is 3. The SMILES string of the molecule is Cc1ccc2oc(N3CCOC[C@@H]3C(C)C)nc2c1C(=O)O. The minimum Gasteiger partial charge on any atom is -0.478 e. The summed E-state index contributed by atoms with van der Waals surface area (Å²) in [4.78, 5) is 18.0. The van der Waals surface area contributed by atoms with Crippen molar-refractivity contribution in [2.24, 2.45) is 5.92 Å². The Morgan fingerprint density at radius 3 is 2.91 bits per heavy atom. The summed E-state index contributed by atoms with van der Waals surface area (Å²) in [5.41, 5.74) is 1.81. The Morgan fingerprint density at radius 2 is 2.23 bits per heavy atom. The quantitative estimate of drug-likeness (QED) is 0.939. The molecule has 0 bridgehead atoms. The molecule has 0 unspecified atom stereocenters. The number of oxazole rings is 1. The highest BCUT2D eigenvalue weighted by molar-refractivity contribution is 6.02. The van der Waals surface area contributed by atoms with E-state index in [0.29, 0.717) is 48.4 Å². The van der Waals surface area contributed by atoms with Crippen LogP contribution in [0.15, 0.2) is 16.5 Å². The number of hydrogen-bond acceptors (Lipinski definition) is 5. The first-order valence-corrected chi connectivity index (χ1v) is 7.47. The number of benzene rings is 1. The highest BCUT2D eigenvalue weighted by atomic mass is 16.5. The number of carbonyl (C=O) groups is 1. The first kappa shape index (κ1) is 14.8. The fraction of sp³-hybridized carbons (Fsp3) is 0.500. The molecule has 0 spiro atoms. The van der Waals surface area contributed by atoms with Crippen molar-refractivity contribution in [3.05, 3.63) is 23.3 Å². The molecule has 2 heterocycles. The van der Waals surface area contributed by atoms with Crippen molar-refractivity contribution in [3.63, 3.8) is 0 Å². The number of ether oxygens (including phenoxy) is 1. The Morgan fingerprint density at radius 1 is 1.45 bits per heavy atom. The maximum Gasteiger partial charge on any atom is 0.338 e. The zero-order valence-electron chi connectivity index (χ0n) is 13.0. The fourth-order valence-electron chi connectivity index (χ4n) is 2.89. The molecule has 1 fully saturated rings. The largest absolute Gasteiger partial charge is 0.478 e. The van der Waals surface area contributed by atoms with Gasteiger partial charge >= 0.3 is 5.97 Å². The molecular formula is C16H20N2O4. The van der Waals surface area contributed by atoms with Gasteiger partial charge in [0.15, 0.2) is 5.58 Å². The molecule has 3 rings (SSSR count). The van der Waals surface area contributed by atoms with Crippen LogP contribution >= 0.6 is 0 Å². The molecule has 0 radical (unpaired) electrons. The summed E-state index contributed by atoms with van der Waals surface area (Å²) in [7, 11) is 0. The smallest absolute Gasteiger partial charge is 0.338 e. The molecule has 1 aliphatic heterocycles. The molecular weight excluding hydrogens is 284 g/mol. The normalized spacial score (nSPS) is 19.1. The zero-order chi connectivity index (χ0) is 15.9. The van der Waals surface area contributed by atoms with Crippen molar-refractivity contribution >= 4 is 23.1 Å². The Kier molecular flexibility index (Phi) is 3.78. The molecule has 118 valence electrons. The first-order chi connectivity index (χ1) is 10.5. The summed E-state index contributed by atoms with van der Waals surface area (Å²) in [6.45, 7) is 7.96. The molecule has 6 nitrogen and oxygen atoms in total. The number of anilines is 1. The molecule has 1 aromatic carbocycles. The second-order valence-corrected chi connectivity index (χ2v) is 5.99. The van der Waals surface area contributed by atoms with Crippen LogP contribution in [0.5, 0.6) is 0 Å². The van der Waals surface area contributed by atoms with Gasteiger partial charge in [0.1, 0.15) is 5.52 Å². The Balaban J connectivity index is 2.08. The Labute approximate surface area is 128 Å². The first-order valence-electron chi connectivity index (χ1n) is 7.47. The number of aromatic nitrogens is 1. The van der Waals surface area contributed by atoms with Gasteiger partial charge in [-0.2, -0.15) is 4.98 Å². The van der Waals surface area contributed by atoms with Gasteiger partial charge in [0.2, 0.25) is 0 Å². The van der Waals surface area contributed by atoms with Crippen LogP contribution in [0.4, 0.5) is 6.01 Å². The Bertz CT molecular complexity index is 707. The summed E-state index contributed by atoms with van der Waals surface area (Å²) in [5, 5.41) is 9.41. The van der Waals surface area contributed by atoms with Gasteiger partial charge in [0.05, 0.1) is 24.8 Å². The van der Waals surface area contributed by atoms with Crippen LogP contribution in [0.25, 0.3) is 11.1 Å². The van der Waals surface area contributed by atoms with E-state index in [9.17, 15) is 9.90 Å². The third-order valence-corrected chi connectivity index (χ3v) is 4.15. The van der Waals surface area contributed by atoms with E-state index in [-0.39, 0.29) is 11.6 Å². The van der Waals surface area contributed by atoms with Gasteiger partial charge in [0.25, 0.3) is 6.01 Å².